The molecule has 140 valence electrons. The number of benzene rings is 2. The van der Waals surface area contributed by atoms with Gasteiger partial charge in [0.25, 0.3) is 0 Å². The Hall–Kier alpha value is -1.90. The van der Waals surface area contributed by atoms with Crippen LogP contribution in [0.2, 0.25) is 5.02 Å². The van der Waals surface area contributed by atoms with Gasteiger partial charge in [0.05, 0.1) is 18.7 Å². The number of halogens is 1. The molecule has 2 rings (SSSR count). The first kappa shape index (κ1) is 20.4. The van der Waals surface area contributed by atoms with Crippen LogP contribution in [0.4, 0.5) is 0 Å². The molecule has 0 aliphatic heterocycles. The summed E-state index contributed by atoms with van der Waals surface area (Å²) in [7, 11) is -2.29. The lowest BCUT2D eigenvalue weighted by molar-refractivity contribution is -0.417. The minimum Gasteiger partial charge on any atom is -0.493 e. The van der Waals surface area contributed by atoms with Gasteiger partial charge in [-0.05, 0) is 48.5 Å². The molecule has 0 aromatic heterocycles. The molecule has 0 aliphatic rings. The SMILES string of the molecule is C[NH+]=C(N)SCCOc1cc(C)cc(OS(=O)(=O)c2ccccc2Cl)c1. The Morgan fingerprint density at radius 3 is 2.62 bits per heavy atom. The minimum absolute atomic E-state index is 0.0832. The van der Waals surface area contributed by atoms with Gasteiger partial charge in [-0.3, -0.25) is 10.7 Å². The Kier molecular flexibility index (Phi) is 7.19. The first-order valence-corrected chi connectivity index (χ1v) is 10.5. The fraction of sp³-hybridized carbons (Fsp3) is 0.235. The van der Waals surface area contributed by atoms with Gasteiger partial charge in [0, 0.05) is 11.8 Å². The fourth-order valence-corrected chi connectivity index (χ4v) is 3.99. The summed E-state index contributed by atoms with van der Waals surface area (Å²) in [6.45, 7) is 2.23. The Morgan fingerprint density at radius 1 is 1.23 bits per heavy atom. The quantitative estimate of drug-likeness (QED) is 0.308. The van der Waals surface area contributed by atoms with Gasteiger partial charge in [0.2, 0.25) is 0 Å². The normalized spacial score (nSPS) is 12.0. The summed E-state index contributed by atoms with van der Waals surface area (Å²) < 4.78 is 35.7. The molecule has 0 amide bonds. The zero-order valence-electron chi connectivity index (χ0n) is 14.4. The molecular formula is C17H20ClN2O4S2+. The predicted octanol–water partition coefficient (Wildman–Crippen LogP) is 1.55. The van der Waals surface area contributed by atoms with Crippen molar-refractivity contribution in [2.45, 2.75) is 11.8 Å². The zero-order chi connectivity index (χ0) is 19.2. The molecule has 0 atom stereocenters. The first-order valence-electron chi connectivity index (χ1n) is 7.68. The first-order chi connectivity index (χ1) is 12.3. The number of hydrogen-bond acceptors (Lipinski definition) is 5. The Balaban J connectivity index is 2.11. The topological polar surface area (TPSA) is 92.6 Å². The van der Waals surface area contributed by atoms with E-state index >= 15 is 0 Å². The van der Waals surface area contributed by atoms with Gasteiger partial charge in [-0.25, -0.2) is 0 Å². The van der Waals surface area contributed by atoms with Crippen molar-refractivity contribution in [1.29, 1.82) is 0 Å². The van der Waals surface area contributed by atoms with Gasteiger partial charge >= 0.3 is 15.3 Å². The van der Waals surface area contributed by atoms with Crippen LogP contribution in [0, 0.1) is 6.92 Å². The van der Waals surface area contributed by atoms with Crippen LogP contribution in [-0.2, 0) is 10.1 Å². The van der Waals surface area contributed by atoms with Crippen LogP contribution < -0.4 is 19.6 Å². The van der Waals surface area contributed by atoms with Gasteiger partial charge in [-0.15, -0.1) is 0 Å². The molecule has 2 aromatic carbocycles. The van der Waals surface area contributed by atoms with Gasteiger partial charge in [0.15, 0.2) is 0 Å². The van der Waals surface area contributed by atoms with E-state index in [-0.39, 0.29) is 15.7 Å². The van der Waals surface area contributed by atoms with Gasteiger partial charge in [0.1, 0.15) is 16.4 Å². The monoisotopic (exact) mass is 415 g/mol. The van der Waals surface area contributed by atoms with Gasteiger partial charge < -0.3 is 8.92 Å². The zero-order valence-corrected chi connectivity index (χ0v) is 16.7. The fourth-order valence-electron chi connectivity index (χ4n) is 2.05. The second-order valence-electron chi connectivity index (χ2n) is 5.26. The van der Waals surface area contributed by atoms with Crippen molar-refractivity contribution >= 4 is 38.6 Å². The minimum atomic E-state index is -4.04. The number of rotatable bonds is 7. The number of nitrogens with one attached hydrogen (secondary N) is 1. The van der Waals surface area contributed by atoms with E-state index in [1.807, 2.05) is 6.92 Å². The van der Waals surface area contributed by atoms with E-state index in [1.165, 1.54) is 30.0 Å². The summed E-state index contributed by atoms with van der Waals surface area (Å²) in [5.74, 6) is 1.32. The number of nitrogens with two attached hydrogens (primary N) is 1. The molecule has 0 aliphatic carbocycles. The maximum absolute atomic E-state index is 12.4. The lowest BCUT2D eigenvalue weighted by Crippen LogP contribution is -2.69. The molecule has 26 heavy (non-hydrogen) atoms. The molecule has 6 nitrogen and oxygen atoms in total. The van der Waals surface area contributed by atoms with Crippen molar-refractivity contribution in [2.75, 3.05) is 19.4 Å². The highest BCUT2D eigenvalue weighted by Gasteiger charge is 2.20. The van der Waals surface area contributed by atoms with E-state index < -0.39 is 10.1 Å². The van der Waals surface area contributed by atoms with Crippen LogP contribution in [0.25, 0.3) is 0 Å². The summed E-state index contributed by atoms with van der Waals surface area (Å²) >= 11 is 7.39. The molecule has 0 unspecified atom stereocenters. The standard InChI is InChI=1S/C17H19ClN2O4S2/c1-12-9-13(23-7-8-25-17(19)20-2)11-14(10-12)24-26(21,22)16-6-4-3-5-15(16)18/h3-6,9-11H,7-8H2,1-2H3,(H2,19,20)/p+1. The van der Waals surface area contributed by atoms with E-state index in [4.69, 9.17) is 26.3 Å². The van der Waals surface area contributed by atoms with Gasteiger partial charge in [-0.1, -0.05) is 23.7 Å². The Morgan fingerprint density at radius 2 is 1.92 bits per heavy atom. The molecule has 3 N–H and O–H groups in total. The molecular weight excluding hydrogens is 396 g/mol. The molecule has 0 radical (unpaired) electrons. The van der Waals surface area contributed by atoms with Crippen molar-refractivity contribution < 1.29 is 22.3 Å². The van der Waals surface area contributed by atoms with E-state index in [2.05, 4.69) is 4.99 Å². The number of amidine groups is 1. The van der Waals surface area contributed by atoms with E-state index in [0.717, 1.165) is 5.56 Å². The smallest absolute Gasteiger partial charge is 0.340 e. The van der Waals surface area contributed by atoms with E-state index in [9.17, 15) is 8.42 Å². The third kappa shape index (κ3) is 5.82. The molecule has 0 saturated heterocycles. The Labute approximate surface area is 162 Å². The molecule has 2 aromatic rings. The molecule has 0 fully saturated rings. The predicted molar refractivity (Wildman–Crippen MR) is 104 cm³/mol. The van der Waals surface area contributed by atoms with Crippen molar-refractivity contribution in [3.05, 3.63) is 53.1 Å². The lowest BCUT2D eigenvalue weighted by Gasteiger charge is -2.11. The summed E-state index contributed by atoms with van der Waals surface area (Å²) in [5.41, 5.74) is 6.46. The second-order valence-corrected chi connectivity index (χ2v) is 8.32. The van der Waals surface area contributed by atoms with Crippen molar-refractivity contribution in [3.8, 4) is 11.5 Å². The summed E-state index contributed by atoms with van der Waals surface area (Å²) in [4.78, 5) is 2.75. The molecule has 9 heteroatoms. The number of ether oxygens (including phenoxy) is 1. The summed E-state index contributed by atoms with van der Waals surface area (Å²) in [6.07, 6.45) is 0. The average Bonchev–Trinajstić information content (AvgIpc) is 2.57. The third-order valence-electron chi connectivity index (χ3n) is 3.19. The lowest BCUT2D eigenvalue weighted by atomic mass is 10.2. The maximum Gasteiger partial charge on any atom is 0.340 e. The molecule has 0 bridgehead atoms. The Bertz CT molecular complexity index is 901. The van der Waals surface area contributed by atoms with Crippen molar-refractivity contribution in [2.24, 2.45) is 5.73 Å². The van der Waals surface area contributed by atoms with Crippen LogP contribution >= 0.6 is 23.4 Å². The van der Waals surface area contributed by atoms with E-state index in [0.29, 0.717) is 23.3 Å². The number of aryl methyl sites for hydroxylation is 1. The third-order valence-corrected chi connectivity index (χ3v) is 5.83. The highest BCUT2D eigenvalue weighted by atomic mass is 35.5. The molecule has 0 heterocycles. The number of hydrogen-bond donors (Lipinski definition) is 2. The van der Waals surface area contributed by atoms with Gasteiger partial charge in [-0.2, -0.15) is 8.42 Å². The van der Waals surface area contributed by atoms with Crippen LogP contribution in [0.1, 0.15) is 5.56 Å². The molecule has 0 saturated carbocycles. The highest BCUT2D eigenvalue weighted by Crippen LogP contribution is 2.28. The largest absolute Gasteiger partial charge is 0.493 e. The highest BCUT2D eigenvalue weighted by molar-refractivity contribution is 8.13. The summed E-state index contributed by atoms with van der Waals surface area (Å²) in [5, 5.41) is 0.708. The van der Waals surface area contributed by atoms with E-state index in [1.54, 1.807) is 31.3 Å². The van der Waals surface area contributed by atoms with Crippen LogP contribution in [0.5, 0.6) is 11.5 Å². The average molecular weight is 416 g/mol. The van der Waals surface area contributed by atoms with Crippen LogP contribution in [0.3, 0.4) is 0 Å². The van der Waals surface area contributed by atoms with Crippen LogP contribution in [-0.4, -0.2) is 33.0 Å². The number of thioether (sulfide) groups is 1. The van der Waals surface area contributed by atoms with Crippen molar-refractivity contribution in [3.63, 3.8) is 0 Å². The molecule has 0 spiro atoms. The van der Waals surface area contributed by atoms with Crippen molar-refractivity contribution in [1.82, 2.24) is 0 Å². The second kappa shape index (κ2) is 9.16. The van der Waals surface area contributed by atoms with Crippen LogP contribution in [0.15, 0.2) is 47.4 Å². The summed E-state index contributed by atoms with van der Waals surface area (Å²) in [6, 6.07) is 11.1. The maximum atomic E-state index is 12.4.